The van der Waals surface area contributed by atoms with E-state index < -0.39 is 0 Å². The molecule has 1 amide bonds. The van der Waals surface area contributed by atoms with E-state index in [0.717, 1.165) is 93.4 Å². The van der Waals surface area contributed by atoms with Crippen LogP contribution in [0.4, 0.5) is 23.1 Å². The lowest BCUT2D eigenvalue weighted by molar-refractivity contribution is -0.129. The van der Waals surface area contributed by atoms with Gasteiger partial charge in [-0.05, 0) is 31.0 Å². The van der Waals surface area contributed by atoms with Crippen molar-refractivity contribution in [3.8, 4) is 0 Å². The van der Waals surface area contributed by atoms with Gasteiger partial charge in [-0.25, -0.2) is 15.0 Å². The summed E-state index contributed by atoms with van der Waals surface area (Å²) in [5.41, 5.74) is 3.56. The predicted molar refractivity (Wildman–Crippen MR) is 136 cm³/mol. The standard InChI is InChI=1S/C26H31N7O2/c1-19(34)31-9-3-11-32(12-4-10-31)22-6-2-5-20-13-28-25(30-24(20)22)29-23-8-7-21(14-27-23)33-15-26(16-33)17-35-18-26/h2,5-8,13-14H,3-4,9-12,15-18H2,1H3,(H,27,28,29,30). The van der Waals surface area contributed by atoms with Gasteiger partial charge in [-0.2, -0.15) is 0 Å². The molecule has 182 valence electrons. The Hall–Kier alpha value is -3.46. The zero-order chi connectivity index (χ0) is 23.8. The first-order valence-electron chi connectivity index (χ1n) is 12.4. The van der Waals surface area contributed by atoms with Crippen molar-refractivity contribution in [1.82, 2.24) is 19.9 Å². The normalized spacial score (nSPS) is 19.6. The van der Waals surface area contributed by atoms with Crippen LogP contribution >= 0.6 is 0 Å². The minimum Gasteiger partial charge on any atom is -0.380 e. The second kappa shape index (κ2) is 8.96. The number of rotatable bonds is 4. The molecule has 0 saturated carbocycles. The Kier molecular flexibility index (Phi) is 5.64. The number of pyridine rings is 1. The summed E-state index contributed by atoms with van der Waals surface area (Å²) >= 11 is 0. The fraction of sp³-hybridized carbons (Fsp3) is 0.462. The van der Waals surface area contributed by atoms with Crippen LogP contribution in [0.2, 0.25) is 0 Å². The monoisotopic (exact) mass is 473 g/mol. The first kappa shape index (κ1) is 22.0. The molecule has 0 unspecified atom stereocenters. The molecule has 0 atom stereocenters. The van der Waals surface area contributed by atoms with Gasteiger partial charge < -0.3 is 24.8 Å². The van der Waals surface area contributed by atoms with Gasteiger partial charge in [0.05, 0.1) is 41.7 Å². The Labute approximate surface area is 205 Å². The van der Waals surface area contributed by atoms with Crippen LogP contribution in [0.15, 0.2) is 42.7 Å². The van der Waals surface area contributed by atoms with Gasteiger partial charge in [0.15, 0.2) is 0 Å². The van der Waals surface area contributed by atoms with Crippen molar-refractivity contribution in [2.75, 3.05) is 67.6 Å². The lowest BCUT2D eigenvalue weighted by Crippen LogP contribution is -2.66. The first-order valence-corrected chi connectivity index (χ1v) is 12.4. The Morgan fingerprint density at radius 1 is 0.971 bits per heavy atom. The number of nitrogens with one attached hydrogen (secondary N) is 1. The predicted octanol–water partition coefficient (Wildman–Crippen LogP) is 3.05. The molecule has 5 heterocycles. The highest BCUT2D eigenvalue weighted by Gasteiger charge is 2.49. The van der Waals surface area contributed by atoms with Crippen LogP contribution in [0.1, 0.15) is 19.8 Å². The van der Waals surface area contributed by atoms with Crippen LogP contribution in [0.25, 0.3) is 10.9 Å². The number of carbonyl (C=O) groups excluding carboxylic acids is 1. The van der Waals surface area contributed by atoms with Crippen LogP contribution in [-0.4, -0.2) is 78.2 Å². The molecule has 0 radical (unpaired) electrons. The average molecular weight is 474 g/mol. The van der Waals surface area contributed by atoms with Gasteiger partial charge in [0, 0.05) is 57.8 Å². The molecule has 2 aromatic heterocycles. The summed E-state index contributed by atoms with van der Waals surface area (Å²) in [4.78, 5) is 32.4. The van der Waals surface area contributed by atoms with Gasteiger partial charge in [-0.1, -0.05) is 12.1 Å². The molecule has 3 aliphatic heterocycles. The maximum atomic E-state index is 11.8. The summed E-state index contributed by atoms with van der Waals surface area (Å²) in [5, 5.41) is 4.28. The van der Waals surface area contributed by atoms with Gasteiger partial charge in [-0.3, -0.25) is 4.79 Å². The number of amides is 1. The number of carbonyl (C=O) groups is 1. The Balaban J connectivity index is 1.17. The van der Waals surface area contributed by atoms with Gasteiger partial charge in [0.2, 0.25) is 11.9 Å². The fourth-order valence-electron chi connectivity index (χ4n) is 5.32. The lowest BCUT2D eigenvalue weighted by Gasteiger charge is -2.55. The maximum Gasteiger partial charge on any atom is 0.228 e. The third-order valence-corrected chi connectivity index (χ3v) is 7.31. The van der Waals surface area contributed by atoms with Gasteiger partial charge in [0.1, 0.15) is 5.82 Å². The van der Waals surface area contributed by atoms with Gasteiger partial charge in [0.25, 0.3) is 0 Å². The summed E-state index contributed by atoms with van der Waals surface area (Å²) in [6.07, 6.45) is 5.65. The molecule has 3 fully saturated rings. The highest BCUT2D eigenvalue weighted by molar-refractivity contribution is 5.91. The zero-order valence-corrected chi connectivity index (χ0v) is 20.1. The lowest BCUT2D eigenvalue weighted by atomic mass is 9.78. The molecule has 9 nitrogen and oxygen atoms in total. The molecule has 3 aliphatic rings. The van der Waals surface area contributed by atoms with E-state index in [1.54, 1.807) is 6.92 Å². The molecular weight excluding hydrogens is 442 g/mol. The number of nitrogens with zero attached hydrogens (tertiary/aromatic N) is 6. The Morgan fingerprint density at radius 3 is 2.43 bits per heavy atom. The number of ether oxygens (including phenoxy) is 1. The highest BCUT2D eigenvalue weighted by Crippen LogP contribution is 2.40. The molecule has 3 saturated heterocycles. The number of anilines is 4. The molecule has 0 bridgehead atoms. The molecule has 6 rings (SSSR count). The summed E-state index contributed by atoms with van der Waals surface area (Å²) in [5.74, 6) is 1.42. The highest BCUT2D eigenvalue weighted by atomic mass is 16.5. The van der Waals surface area contributed by atoms with E-state index in [9.17, 15) is 4.79 Å². The van der Waals surface area contributed by atoms with E-state index in [4.69, 9.17) is 9.72 Å². The van der Waals surface area contributed by atoms with Crippen LogP contribution in [0.3, 0.4) is 0 Å². The van der Waals surface area contributed by atoms with Crippen molar-refractivity contribution in [1.29, 1.82) is 0 Å². The minimum absolute atomic E-state index is 0.162. The average Bonchev–Trinajstić information content (AvgIpc) is 2.78. The van der Waals surface area contributed by atoms with Crippen molar-refractivity contribution >= 4 is 40.0 Å². The molecule has 1 N–H and O–H groups in total. The van der Waals surface area contributed by atoms with Crippen LogP contribution < -0.4 is 15.1 Å². The van der Waals surface area contributed by atoms with Crippen LogP contribution in [0.5, 0.6) is 0 Å². The van der Waals surface area contributed by atoms with Crippen molar-refractivity contribution in [2.24, 2.45) is 5.41 Å². The van der Waals surface area contributed by atoms with E-state index in [0.29, 0.717) is 11.4 Å². The van der Waals surface area contributed by atoms with Gasteiger partial charge >= 0.3 is 0 Å². The number of benzene rings is 1. The molecule has 3 aromatic rings. The molecule has 0 aliphatic carbocycles. The molecule has 1 aromatic carbocycles. The Morgan fingerprint density at radius 2 is 1.77 bits per heavy atom. The topological polar surface area (TPSA) is 86.7 Å². The van der Waals surface area contributed by atoms with Crippen molar-refractivity contribution in [3.05, 3.63) is 42.7 Å². The van der Waals surface area contributed by atoms with Crippen LogP contribution in [-0.2, 0) is 9.53 Å². The molecule has 1 spiro atoms. The largest absolute Gasteiger partial charge is 0.380 e. The van der Waals surface area contributed by atoms with Crippen molar-refractivity contribution in [2.45, 2.75) is 19.8 Å². The second-order valence-electron chi connectivity index (χ2n) is 9.98. The number of hydrogen-bond donors (Lipinski definition) is 1. The zero-order valence-electron chi connectivity index (χ0n) is 20.1. The summed E-state index contributed by atoms with van der Waals surface area (Å²) in [7, 11) is 0. The van der Waals surface area contributed by atoms with E-state index in [1.165, 1.54) is 0 Å². The Bertz CT molecular complexity index is 1210. The van der Waals surface area contributed by atoms with E-state index >= 15 is 0 Å². The first-order chi connectivity index (χ1) is 17.1. The second-order valence-corrected chi connectivity index (χ2v) is 9.98. The summed E-state index contributed by atoms with van der Waals surface area (Å²) in [6.45, 7) is 8.88. The molecular formula is C26H31N7O2. The van der Waals surface area contributed by atoms with E-state index in [2.05, 4.69) is 43.3 Å². The van der Waals surface area contributed by atoms with Gasteiger partial charge in [-0.15, -0.1) is 0 Å². The number of aromatic nitrogens is 3. The SMILES string of the molecule is CC(=O)N1CCCN(c2cccc3cnc(Nc4ccc(N5CC6(COC6)C5)cn4)nc23)CCC1. The van der Waals surface area contributed by atoms with Crippen LogP contribution in [0, 0.1) is 5.41 Å². The van der Waals surface area contributed by atoms with E-state index in [1.807, 2.05) is 29.4 Å². The summed E-state index contributed by atoms with van der Waals surface area (Å²) < 4.78 is 5.37. The third-order valence-electron chi connectivity index (χ3n) is 7.31. The number of para-hydroxylation sites is 1. The number of fused-ring (bicyclic) bond motifs is 1. The maximum absolute atomic E-state index is 11.8. The van der Waals surface area contributed by atoms with E-state index in [-0.39, 0.29) is 5.91 Å². The molecule has 35 heavy (non-hydrogen) atoms. The number of hydrogen-bond acceptors (Lipinski definition) is 8. The molecule has 9 heteroatoms. The fourth-order valence-corrected chi connectivity index (χ4v) is 5.32. The van der Waals surface area contributed by atoms with Crippen molar-refractivity contribution < 1.29 is 9.53 Å². The quantitative estimate of drug-likeness (QED) is 0.619. The minimum atomic E-state index is 0.162. The van der Waals surface area contributed by atoms with Crippen molar-refractivity contribution in [3.63, 3.8) is 0 Å². The smallest absolute Gasteiger partial charge is 0.228 e. The third kappa shape index (κ3) is 4.36. The summed E-state index contributed by atoms with van der Waals surface area (Å²) in [6, 6.07) is 10.3.